The lowest BCUT2D eigenvalue weighted by Gasteiger charge is -2.19. The molecule has 0 bridgehead atoms. The minimum Gasteiger partial charge on any atom is -0.488 e. The smallest absolute Gasteiger partial charge is 0.318 e. The zero-order valence-electron chi connectivity index (χ0n) is 14.6. The minimum atomic E-state index is -2.96. The molecular weight excluding hydrogens is 354 g/mol. The fraction of sp³-hybridized carbons (Fsp3) is 0.450. The summed E-state index contributed by atoms with van der Waals surface area (Å²) in [4.78, 5) is 16.5. The molecule has 2 aliphatic rings. The number of ether oxygens (including phenoxy) is 2. The van der Waals surface area contributed by atoms with Crippen molar-refractivity contribution in [2.24, 2.45) is 11.3 Å². The van der Waals surface area contributed by atoms with Crippen LogP contribution in [0.25, 0.3) is 10.9 Å². The summed E-state index contributed by atoms with van der Waals surface area (Å²) < 4.78 is 38.9. The first-order valence-corrected chi connectivity index (χ1v) is 8.98. The third-order valence-corrected chi connectivity index (χ3v) is 5.63. The molecule has 4 rings (SSSR count). The fourth-order valence-electron chi connectivity index (χ4n) is 4.19. The number of esters is 1. The highest BCUT2D eigenvalue weighted by Crippen LogP contribution is 2.72. The number of benzene rings is 1. The van der Waals surface area contributed by atoms with Crippen LogP contribution in [0.1, 0.15) is 31.2 Å². The van der Waals surface area contributed by atoms with E-state index in [1.54, 1.807) is 18.2 Å². The van der Waals surface area contributed by atoms with E-state index < -0.39 is 23.2 Å². The monoisotopic (exact) mass is 372 g/mol. The second kappa shape index (κ2) is 6.45. The van der Waals surface area contributed by atoms with Gasteiger partial charge in [-0.3, -0.25) is 9.78 Å². The second-order valence-corrected chi connectivity index (χ2v) is 7.01. The van der Waals surface area contributed by atoms with Gasteiger partial charge in [-0.15, -0.1) is 0 Å². The van der Waals surface area contributed by atoms with Crippen molar-refractivity contribution >= 4 is 16.9 Å². The summed E-state index contributed by atoms with van der Waals surface area (Å²) in [6.45, 7) is -0.175. The number of alkyl halides is 2. The number of nitrogens with zero attached hydrogens (tertiary/aromatic N) is 2. The first-order valence-electron chi connectivity index (χ1n) is 8.98. The van der Waals surface area contributed by atoms with Crippen LogP contribution >= 0.6 is 0 Å². The molecule has 0 spiro atoms. The number of carbonyl (C=O) groups is 1. The van der Waals surface area contributed by atoms with Crippen LogP contribution in [0.5, 0.6) is 5.75 Å². The fourth-order valence-corrected chi connectivity index (χ4v) is 4.19. The molecule has 2 aromatic rings. The Kier molecular flexibility index (Phi) is 4.22. The average Bonchev–Trinajstić information content (AvgIpc) is 3.22. The molecule has 1 heterocycles. The van der Waals surface area contributed by atoms with Crippen LogP contribution in [0, 0.1) is 22.7 Å². The van der Waals surface area contributed by atoms with Crippen LogP contribution in [-0.2, 0) is 9.53 Å². The summed E-state index contributed by atoms with van der Waals surface area (Å²) in [7, 11) is 0. The molecule has 2 atom stereocenters. The van der Waals surface area contributed by atoms with E-state index >= 15 is 0 Å². The van der Waals surface area contributed by atoms with Crippen LogP contribution in [0.4, 0.5) is 8.78 Å². The van der Waals surface area contributed by atoms with Crippen molar-refractivity contribution in [2.45, 2.75) is 31.6 Å². The number of fused-ring (bicyclic) bond motifs is 2. The maximum absolute atomic E-state index is 14.1. The molecule has 2 saturated carbocycles. The van der Waals surface area contributed by atoms with Gasteiger partial charge in [0.25, 0.3) is 5.92 Å². The highest BCUT2D eigenvalue weighted by atomic mass is 19.3. The SMILES string of the molecule is N#Cc1cnc2ccccc2c1OCCOC(=O)C12CCCCC1C2(F)F. The van der Waals surface area contributed by atoms with E-state index in [0.717, 1.165) is 6.42 Å². The van der Waals surface area contributed by atoms with Gasteiger partial charge in [-0.25, -0.2) is 8.78 Å². The Bertz CT molecular complexity index is 940. The van der Waals surface area contributed by atoms with Gasteiger partial charge in [0.1, 0.15) is 36.0 Å². The van der Waals surface area contributed by atoms with Gasteiger partial charge in [0.2, 0.25) is 0 Å². The number of hydrogen-bond acceptors (Lipinski definition) is 5. The zero-order valence-corrected chi connectivity index (χ0v) is 14.6. The lowest BCUT2D eigenvalue weighted by atomic mass is 9.88. The van der Waals surface area contributed by atoms with Crippen molar-refractivity contribution in [3.63, 3.8) is 0 Å². The van der Waals surface area contributed by atoms with E-state index in [1.807, 2.05) is 12.1 Å². The predicted octanol–water partition coefficient (Wildman–Crippen LogP) is 3.85. The molecule has 1 aromatic heterocycles. The number of aromatic nitrogens is 1. The van der Waals surface area contributed by atoms with Gasteiger partial charge in [0.05, 0.1) is 5.52 Å². The lowest BCUT2D eigenvalue weighted by Crippen LogP contribution is -2.28. The largest absolute Gasteiger partial charge is 0.488 e. The van der Waals surface area contributed by atoms with Gasteiger partial charge in [-0.05, 0) is 25.0 Å². The summed E-state index contributed by atoms with van der Waals surface area (Å²) in [6, 6.07) is 9.21. The third-order valence-electron chi connectivity index (χ3n) is 5.63. The molecule has 1 aromatic carbocycles. The van der Waals surface area contributed by atoms with Crippen molar-refractivity contribution in [3.05, 3.63) is 36.0 Å². The number of nitriles is 1. The van der Waals surface area contributed by atoms with E-state index in [0.29, 0.717) is 29.5 Å². The molecule has 5 nitrogen and oxygen atoms in total. The highest BCUT2D eigenvalue weighted by Gasteiger charge is 2.85. The van der Waals surface area contributed by atoms with Crippen molar-refractivity contribution in [1.82, 2.24) is 4.98 Å². The highest BCUT2D eigenvalue weighted by molar-refractivity contribution is 5.87. The molecule has 0 saturated heterocycles. The van der Waals surface area contributed by atoms with E-state index in [2.05, 4.69) is 4.98 Å². The maximum atomic E-state index is 14.1. The van der Waals surface area contributed by atoms with Gasteiger partial charge < -0.3 is 9.47 Å². The van der Waals surface area contributed by atoms with Crippen LogP contribution in [0.15, 0.2) is 30.5 Å². The van der Waals surface area contributed by atoms with Crippen LogP contribution in [0.3, 0.4) is 0 Å². The van der Waals surface area contributed by atoms with Gasteiger partial charge in [0, 0.05) is 17.5 Å². The second-order valence-electron chi connectivity index (χ2n) is 7.01. The molecule has 2 aliphatic carbocycles. The normalized spacial score (nSPS) is 25.3. The number of halogens is 2. The van der Waals surface area contributed by atoms with Crippen molar-refractivity contribution in [3.8, 4) is 11.8 Å². The Morgan fingerprint density at radius 1 is 1.30 bits per heavy atom. The molecule has 0 amide bonds. The lowest BCUT2D eigenvalue weighted by molar-refractivity contribution is -0.156. The Labute approximate surface area is 154 Å². The standard InChI is InChI=1S/C20H18F2N2O3/c21-20(22)16-7-3-4-8-19(16,20)18(25)27-10-9-26-17-13(11-23)12-24-15-6-2-1-5-14(15)17/h1-2,5-6,12,16H,3-4,7-10H2. The number of pyridine rings is 1. The topological polar surface area (TPSA) is 72.2 Å². The predicted molar refractivity (Wildman–Crippen MR) is 92.3 cm³/mol. The molecule has 7 heteroatoms. The molecule has 2 unspecified atom stereocenters. The quantitative estimate of drug-likeness (QED) is 0.589. The first-order chi connectivity index (χ1) is 13.0. The number of para-hydroxylation sites is 1. The molecular formula is C20H18F2N2O3. The Morgan fingerprint density at radius 3 is 2.89 bits per heavy atom. The Hall–Kier alpha value is -2.75. The van der Waals surface area contributed by atoms with Crippen LogP contribution < -0.4 is 4.74 Å². The summed E-state index contributed by atoms with van der Waals surface area (Å²) in [5.74, 6) is -4.33. The Balaban J connectivity index is 1.41. The molecule has 0 aliphatic heterocycles. The first kappa shape index (κ1) is 17.7. The molecule has 27 heavy (non-hydrogen) atoms. The summed E-state index contributed by atoms with van der Waals surface area (Å²) in [5.41, 5.74) is -0.698. The van der Waals surface area contributed by atoms with Gasteiger partial charge in [-0.1, -0.05) is 25.0 Å². The van der Waals surface area contributed by atoms with E-state index in [-0.39, 0.29) is 25.2 Å². The molecule has 140 valence electrons. The van der Waals surface area contributed by atoms with Gasteiger partial charge in [-0.2, -0.15) is 5.26 Å². The van der Waals surface area contributed by atoms with Crippen LogP contribution in [-0.4, -0.2) is 30.1 Å². The van der Waals surface area contributed by atoms with Crippen molar-refractivity contribution < 1.29 is 23.0 Å². The third kappa shape index (κ3) is 2.62. The Morgan fingerprint density at radius 2 is 2.11 bits per heavy atom. The number of rotatable bonds is 5. The van der Waals surface area contributed by atoms with Crippen LogP contribution in [0.2, 0.25) is 0 Å². The summed E-state index contributed by atoms with van der Waals surface area (Å²) >= 11 is 0. The van der Waals surface area contributed by atoms with Crippen molar-refractivity contribution in [2.75, 3.05) is 13.2 Å². The molecule has 2 fully saturated rings. The minimum absolute atomic E-state index is 0.0270. The zero-order chi connectivity index (χ0) is 19.1. The molecule has 0 N–H and O–H groups in total. The summed E-state index contributed by atoms with van der Waals surface area (Å²) in [5, 5.41) is 9.92. The van der Waals surface area contributed by atoms with E-state index in [9.17, 15) is 18.8 Å². The van der Waals surface area contributed by atoms with Crippen molar-refractivity contribution in [1.29, 1.82) is 5.26 Å². The van der Waals surface area contributed by atoms with E-state index in [4.69, 9.17) is 9.47 Å². The molecule has 0 radical (unpaired) electrons. The maximum Gasteiger partial charge on any atom is 0.318 e. The van der Waals surface area contributed by atoms with E-state index in [1.165, 1.54) is 6.20 Å². The average molecular weight is 372 g/mol. The number of carbonyl (C=O) groups excluding carboxylic acids is 1. The van der Waals surface area contributed by atoms with Gasteiger partial charge >= 0.3 is 5.97 Å². The summed E-state index contributed by atoms with van der Waals surface area (Å²) in [6.07, 6.45) is 3.31. The number of hydrogen-bond donors (Lipinski definition) is 0. The van der Waals surface area contributed by atoms with Gasteiger partial charge in [0.15, 0.2) is 0 Å².